The predicted octanol–water partition coefficient (Wildman–Crippen LogP) is 1.36. The van der Waals surface area contributed by atoms with Crippen LogP contribution in [0.15, 0.2) is 29.2 Å². The van der Waals surface area contributed by atoms with E-state index in [1.54, 1.807) is 6.92 Å². The summed E-state index contributed by atoms with van der Waals surface area (Å²) in [6.07, 6.45) is -0.780. The number of sulfonamides is 1. The third-order valence-corrected chi connectivity index (χ3v) is 5.76. The Morgan fingerprint density at radius 2 is 2.00 bits per heavy atom. The smallest absolute Gasteiger partial charge is 0.407 e. The van der Waals surface area contributed by atoms with Crippen molar-refractivity contribution >= 4 is 21.8 Å². The molecule has 0 saturated carbocycles. The summed E-state index contributed by atoms with van der Waals surface area (Å²) < 4.78 is 26.8. The van der Waals surface area contributed by atoms with Crippen molar-refractivity contribution in [1.29, 1.82) is 0 Å². The molecule has 1 aliphatic rings. The van der Waals surface area contributed by atoms with Gasteiger partial charge in [0.15, 0.2) is 4.90 Å². The van der Waals surface area contributed by atoms with Gasteiger partial charge in [0, 0.05) is 31.7 Å². The van der Waals surface area contributed by atoms with Crippen molar-refractivity contribution in [1.82, 2.24) is 9.21 Å². The Hall–Kier alpha value is -2.20. The minimum Gasteiger partial charge on any atom is -0.465 e. The molecule has 1 fully saturated rings. The fourth-order valence-corrected chi connectivity index (χ4v) is 4.44. The predicted molar refractivity (Wildman–Crippen MR) is 80.7 cm³/mol. The lowest BCUT2D eigenvalue weighted by Crippen LogP contribution is -2.43. The lowest BCUT2D eigenvalue weighted by Gasteiger charge is -2.27. The van der Waals surface area contributed by atoms with Crippen molar-refractivity contribution in [3.8, 4) is 0 Å². The molecular weight excluding hydrogens is 326 g/mol. The van der Waals surface area contributed by atoms with Gasteiger partial charge in [0.05, 0.1) is 4.92 Å². The Balaban J connectivity index is 2.40. The van der Waals surface area contributed by atoms with E-state index in [4.69, 9.17) is 5.11 Å². The van der Waals surface area contributed by atoms with Crippen LogP contribution in [-0.4, -0.2) is 59.4 Å². The molecule has 126 valence electrons. The number of benzene rings is 1. The molecule has 0 spiro atoms. The normalized spacial score (nSPS) is 20.0. The molecule has 2 rings (SSSR count). The van der Waals surface area contributed by atoms with Crippen molar-refractivity contribution in [3.63, 3.8) is 0 Å². The average Bonchev–Trinajstić information content (AvgIpc) is 2.69. The molecule has 1 amide bonds. The van der Waals surface area contributed by atoms with E-state index in [0.717, 1.165) is 15.3 Å². The molecule has 0 aliphatic carbocycles. The van der Waals surface area contributed by atoms with Crippen LogP contribution in [-0.2, 0) is 10.0 Å². The lowest BCUT2D eigenvalue weighted by molar-refractivity contribution is -0.387. The van der Waals surface area contributed by atoms with Crippen molar-refractivity contribution < 1.29 is 23.2 Å². The van der Waals surface area contributed by atoms with E-state index >= 15 is 0 Å². The number of para-hydroxylation sites is 1. The van der Waals surface area contributed by atoms with Gasteiger partial charge in [-0.3, -0.25) is 10.1 Å². The Morgan fingerprint density at radius 1 is 1.35 bits per heavy atom. The lowest BCUT2D eigenvalue weighted by atomic mass is 10.3. The van der Waals surface area contributed by atoms with Gasteiger partial charge >= 0.3 is 6.09 Å². The average molecular weight is 343 g/mol. The number of carbonyl (C=O) groups is 1. The molecule has 9 nitrogen and oxygen atoms in total. The van der Waals surface area contributed by atoms with E-state index in [0.29, 0.717) is 6.42 Å². The topological polar surface area (TPSA) is 121 Å². The molecule has 1 atom stereocenters. The second kappa shape index (κ2) is 6.50. The Bertz CT molecular complexity index is 720. The van der Waals surface area contributed by atoms with Crippen LogP contribution >= 0.6 is 0 Å². The molecule has 1 heterocycles. The van der Waals surface area contributed by atoms with Crippen LogP contribution in [0.3, 0.4) is 0 Å². The standard InChI is InChI=1S/C13H17N3O6S/c1-10-9-14(13(17)18)7-4-8-15(10)23(21,22)12-6-3-2-5-11(12)16(19)20/h2-3,5-6,10H,4,7-9H2,1H3,(H,17,18). The summed E-state index contributed by atoms with van der Waals surface area (Å²) in [5, 5.41) is 20.2. The SMILES string of the molecule is CC1CN(C(=O)O)CCCN1S(=O)(=O)c1ccccc1[N+](=O)[O-]. The molecule has 1 aromatic carbocycles. The van der Waals surface area contributed by atoms with E-state index in [2.05, 4.69) is 0 Å². The van der Waals surface area contributed by atoms with Gasteiger partial charge in [-0.15, -0.1) is 0 Å². The molecule has 0 bridgehead atoms. The summed E-state index contributed by atoms with van der Waals surface area (Å²) in [6.45, 7) is 1.95. The van der Waals surface area contributed by atoms with Crippen LogP contribution in [0.4, 0.5) is 10.5 Å². The molecule has 1 saturated heterocycles. The van der Waals surface area contributed by atoms with Gasteiger partial charge < -0.3 is 10.0 Å². The van der Waals surface area contributed by atoms with E-state index < -0.39 is 32.8 Å². The van der Waals surface area contributed by atoms with Crippen LogP contribution in [0.5, 0.6) is 0 Å². The zero-order valence-corrected chi connectivity index (χ0v) is 13.3. The van der Waals surface area contributed by atoms with E-state index in [-0.39, 0.29) is 24.5 Å². The number of hydrogen-bond donors (Lipinski definition) is 1. The van der Waals surface area contributed by atoms with Crippen LogP contribution in [0, 0.1) is 10.1 Å². The molecule has 1 aromatic rings. The second-order valence-electron chi connectivity index (χ2n) is 5.27. The highest BCUT2D eigenvalue weighted by molar-refractivity contribution is 7.89. The zero-order valence-electron chi connectivity index (χ0n) is 12.5. The summed E-state index contributed by atoms with van der Waals surface area (Å²) in [4.78, 5) is 22.2. The molecule has 1 N–H and O–H groups in total. The van der Waals surface area contributed by atoms with Crippen molar-refractivity contribution in [2.24, 2.45) is 0 Å². The van der Waals surface area contributed by atoms with E-state index in [1.807, 2.05) is 0 Å². The number of nitrogens with zero attached hydrogens (tertiary/aromatic N) is 3. The first kappa shape index (κ1) is 17.2. The molecule has 0 aromatic heterocycles. The number of hydrogen-bond acceptors (Lipinski definition) is 5. The van der Waals surface area contributed by atoms with Crippen LogP contribution in [0.2, 0.25) is 0 Å². The van der Waals surface area contributed by atoms with Crippen LogP contribution in [0.1, 0.15) is 13.3 Å². The first-order valence-electron chi connectivity index (χ1n) is 6.98. The minimum atomic E-state index is -4.09. The van der Waals surface area contributed by atoms with Crippen LogP contribution < -0.4 is 0 Å². The van der Waals surface area contributed by atoms with Gasteiger partial charge in [0.2, 0.25) is 10.0 Å². The van der Waals surface area contributed by atoms with Gasteiger partial charge in [-0.2, -0.15) is 4.31 Å². The second-order valence-corrected chi connectivity index (χ2v) is 7.13. The van der Waals surface area contributed by atoms with Gasteiger partial charge in [-0.05, 0) is 19.4 Å². The Morgan fingerprint density at radius 3 is 2.61 bits per heavy atom. The first-order chi connectivity index (χ1) is 10.7. The third-order valence-electron chi connectivity index (χ3n) is 3.70. The highest BCUT2D eigenvalue weighted by Gasteiger charge is 2.36. The highest BCUT2D eigenvalue weighted by atomic mass is 32.2. The maximum Gasteiger partial charge on any atom is 0.407 e. The maximum absolute atomic E-state index is 12.8. The number of rotatable bonds is 3. The number of amides is 1. The van der Waals surface area contributed by atoms with E-state index in [9.17, 15) is 23.3 Å². The zero-order chi connectivity index (χ0) is 17.2. The molecular formula is C13H17N3O6S. The first-order valence-corrected chi connectivity index (χ1v) is 8.42. The van der Waals surface area contributed by atoms with Gasteiger partial charge in [-0.25, -0.2) is 13.2 Å². The molecule has 1 unspecified atom stereocenters. The van der Waals surface area contributed by atoms with E-state index in [1.165, 1.54) is 18.2 Å². The highest BCUT2D eigenvalue weighted by Crippen LogP contribution is 2.28. The summed E-state index contributed by atoms with van der Waals surface area (Å²) >= 11 is 0. The number of carboxylic acid groups (broad SMARTS) is 1. The Kier molecular flexibility index (Phi) is 4.85. The third kappa shape index (κ3) is 3.42. The van der Waals surface area contributed by atoms with Crippen molar-refractivity contribution in [2.45, 2.75) is 24.3 Å². The van der Waals surface area contributed by atoms with Crippen LogP contribution in [0.25, 0.3) is 0 Å². The number of nitro benzene ring substituents is 1. The van der Waals surface area contributed by atoms with Gasteiger partial charge in [0.1, 0.15) is 0 Å². The summed E-state index contributed by atoms with van der Waals surface area (Å²) in [5.74, 6) is 0. The maximum atomic E-state index is 12.8. The quantitative estimate of drug-likeness (QED) is 0.653. The van der Waals surface area contributed by atoms with Gasteiger partial charge in [-0.1, -0.05) is 12.1 Å². The fourth-order valence-electron chi connectivity index (χ4n) is 2.62. The summed E-state index contributed by atoms with van der Waals surface area (Å²) in [7, 11) is -4.09. The minimum absolute atomic E-state index is 0.0230. The number of nitro groups is 1. The summed E-state index contributed by atoms with van der Waals surface area (Å²) in [6, 6.07) is 4.54. The fraction of sp³-hybridized carbons (Fsp3) is 0.462. The molecule has 10 heteroatoms. The Labute approximate surface area is 133 Å². The van der Waals surface area contributed by atoms with Gasteiger partial charge in [0.25, 0.3) is 5.69 Å². The molecule has 23 heavy (non-hydrogen) atoms. The van der Waals surface area contributed by atoms with Crippen molar-refractivity contribution in [2.75, 3.05) is 19.6 Å². The monoisotopic (exact) mass is 343 g/mol. The molecule has 1 aliphatic heterocycles. The largest absolute Gasteiger partial charge is 0.465 e. The van der Waals surface area contributed by atoms with Crippen molar-refractivity contribution in [3.05, 3.63) is 34.4 Å². The summed E-state index contributed by atoms with van der Waals surface area (Å²) in [5.41, 5.74) is -0.487. The molecule has 0 radical (unpaired) electrons.